The third kappa shape index (κ3) is 6.88. The Hall–Kier alpha value is -2.48. The highest BCUT2D eigenvalue weighted by atomic mass is 19.1. The minimum absolute atomic E-state index is 0.101. The smallest absolute Gasteiger partial charge is 0.308 e. The van der Waals surface area contributed by atoms with Gasteiger partial charge >= 0.3 is 5.97 Å². The van der Waals surface area contributed by atoms with Gasteiger partial charge in [-0.2, -0.15) is 0 Å². The maximum atomic E-state index is 13.0. The monoisotopic (exact) mass is 325 g/mol. The Kier molecular flexibility index (Phi) is 7.69. The van der Waals surface area contributed by atoms with Crippen LogP contribution in [0.4, 0.5) is 4.39 Å². The molecular formula is C15H20FN3O4. The number of ether oxygens (including phenoxy) is 1. The molecule has 0 aliphatic rings. The summed E-state index contributed by atoms with van der Waals surface area (Å²) < 4.78 is 17.9. The minimum Gasteiger partial charge on any atom is -0.466 e. The van der Waals surface area contributed by atoms with Crippen molar-refractivity contribution in [3.05, 3.63) is 35.6 Å². The SMILES string of the molecule is CCOC(=O)CC(NC(=O)CNC(=O)CN)c1ccc(F)cc1. The molecular weight excluding hydrogens is 305 g/mol. The first kappa shape index (κ1) is 18.6. The van der Waals surface area contributed by atoms with Crippen LogP contribution in [0.1, 0.15) is 24.9 Å². The van der Waals surface area contributed by atoms with E-state index in [0.717, 1.165) is 0 Å². The lowest BCUT2D eigenvalue weighted by Crippen LogP contribution is -2.41. The van der Waals surface area contributed by atoms with Gasteiger partial charge in [0.2, 0.25) is 11.8 Å². The maximum absolute atomic E-state index is 13.0. The van der Waals surface area contributed by atoms with E-state index in [-0.39, 0.29) is 26.1 Å². The molecule has 0 heterocycles. The normalized spacial score (nSPS) is 11.4. The second-order valence-electron chi connectivity index (χ2n) is 4.66. The average molecular weight is 325 g/mol. The largest absolute Gasteiger partial charge is 0.466 e. The molecule has 0 aromatic heterocycles. The zero-order chi connectivity index (χ0) is 17.2. The van der Waals surface area contributed by atoms with Crippen LogP contribution in [0.15, 0.2) is 24.3 Å². The summed E-state index contributed by atoms with van der Waals surface area (Å²) in [5.41, 5.74) is 5.68. The van der Waals surface area contributed by atoms with Crippen molar-refractivity contribution in [1.82, 2.24) is 10.6 Å². The standard InChI is InChI=1S/C15H20FN3O4/c1-2-23-15(22)7-12(10-3-5-11(16)6-4-10)19-14(21)9-18-13(20)8-17/h3-6,12H,2,7-9,17H2,1H3,(H,18,20)(H,19,21). The lowest BCUT2D eigenvalue weighted by atomic mass is 10.0. The molecule has 4 N–H and O–H groups in total. The van der Waals surface area contributed by atoms with Gasteiger partial charge in [0, 0.05) is 0 Å². The van der Waals surface area contributed by atoms with Gasteiger partial charge in [0.15, 0.2) is 0 Å². The van der Waals surface area contributed by atoms with E-state index < -0.39 is 29.6 Å². The van der Waals surface area contributed by atoms with E-state index in [2.05, 4.69) is 10.6 Å². The molecule has 1 rings (SSSR count). The molecule has 0 saturated heterocycles. The summed E-state index contributed by atoms with van der Waals surface area (Å²) in [5.74, 6) is -1.88. The van der Waals surface area contributed by atoms with Gasteiger partial charge in [-0.1, -0.05) is 12.1 Å². The molecule has 0 aliphatic heterocycles. The number of esters is 1. The Morgan fingerprint density at radius 3 is 2.43 bits per heavy atom. The first-order valence-electron chi connectivity index (χ1n) is 7.13. The topological polar surface area (TPSA) is 111 Å². The molecule has 1 atom stereocenters. The van der Waals surface area contributed by atoms with Crippen molar-refractivity contribution in [2.75, 3.05) is 19.7 Å². The average Bonchev–Trinajstić information content (AvgIpc) is 2.53. The highest BCUT2D eigenvalue weighted by Crippen LogP contribution is 2.18. The van der Waals surface area contributed by atoms with Gasteiger partial charge in [-0.25, -0.2) is 4.39 Å². The molecule has 0 fully saturated rings. The molecule has 1 aromatic carbocycles. The van der Waals surface area contributed by atoms with Crippen molar-refractivity contribution in [3.8, 4) is 0 Å². The number of carbonyl (C=O) groups is 3. The number of nitrogens with two attached hydrogens (primary N) is 1. The molecule has 0 saturated carbocycles. The van der Waals surface area contributed by atoms with E-state index in [1.54, 1.807) is 6.92 Å². The van der Waals surface area contributed by atoms with Crippen molar-refractivity contribution in [1.29, 1.82) is 0 Å². The van der Waals surface area contributed by atoms with Crippen molar-refractivity contribution < 1.29 is 23.5 Å². The summed E-state index contributed by atoms with van der Waals surface area (Å²) in [7, 11) is 0. The van der Waals surface area contributed by atoms with Gasteiger partial charge < -0.3 is 21.1 Å². The molecule has 1 aromatic rings. The Morgan fingerprint density at radius 2 is 1.87 bits per heavy atom. The fourth-order valence-corrected chi connectivity index (χ4v) is 1.83. The van der Waals surface area contributed by atoms with Crippen LogP contribution in [-0.2, 0) is 19.1 Å². The van der Waals surface area contributed by atoms with Gasteiger partial charge in [0.25, 0.3) is 0 Å². The van der Waals surface area contributed by atoms with Gasteiger partial charge in [-0.05, 0) is 24.6 Å². The van der Waals surface area contributed by atoms with Crippen LogP contribution in [0.3, 0.4) is 0 Å². The van der Waals surface area contributed by atoms with E-state index in [0.29, 0.717) is 5.56 Å². The first-order valence-corrected chi connectivity index (χ1v) is 7.13. The van der Waals surface area contributed by atoms with Crippen molar-refractivity contribution >= 4 is 17.8 Å². The van der Waals surface area contributed by atoms with Crippen LogP contribution < -0.4 is 16.4 Å². The predicted molar refractivity (Wildman–Crippen MR) is 80.6 cm³/mol. The van der Waals surface area contributed by atoms with E-state index in [1.807, 2.05) is 0 Å². The second kappa shape index (κ2) is 9.52. The van der Waals surface area contributed by atoms with Crippen molar-refractivity contribution in [2.24, 2.45) is 5.73 Å². The summed E-state index contributed by atoms with van der Waals surface area (Å²) >= 11 is 0. The highest BCUT2D eigenvalue weighted by molar-refractivity contribution is 5.86. The molecule has 23 heavy (non-hydrogen) atoms. The zero-order valence-corrected chi connectivity index (χ0v) is 12.8. The Balaban J connectivity index is 2.74. The van der Waals surface area contributed by atoms with Crippen LogP contribution in [0.25, 0.3) is 0 Å². The van der Waals surface area contributed by atoms with E-state index >= 15 is 0 Å². The summed E-state index contributed by atoms with van der Waals surface area (Å²) in [4.78, 5) is 34.6. The number of halogens is 1. The maximum Gasteiger partial charge on any atom is 0.308 e. The molecule has 0 spiro atoms. The predicted octanol–water partition coefficient (Wildman–Crippen LogP) is 0.0111. The highest BCUT2D eigenvalue weighted by Gasteiger charge is 2.19. The van der Waals surface area contributed by atoms with Gasteiger partial charge in [0.05, 0.1) is 32.2 Å². The molecule has 2 amide bonds. The number of carbonyl (C=O) groups excluding carboxylic acids is 3. The van der Waals surface area contributed by atoms with Crippen LogP contribution in [-0.4, -0.2) is 37.5 Å². The summed E-state index contributed by atoms with van der Waals surface area (Å²) in [6, 6.07) is 4.72. The number of rotatable bonds is 8. The van der Waals surface area contributed by atoms with E-state index in [4.69, 9.17) is 10.5 Å². The van der Waals surface area contributed by atoms with Gasteiger partial charge in [-0.3, -0.25) is 14.4 Å². The van der Waals surface area contributed by atoms with Crippen LogP contribution >= 0.6 is 0 Å². The molecule has 1 unspecified atom stereocenters. The number of nitrogens with one attached hydrogen (secondary N) is 2. The van der Waals surface area contributed by atoms with Gasteiger partial charge in [0.1, 0.15) is 5.82 Å². The second-order valence-corrected chi connectivity index (χ2v) is 4.66. The zero-order valence-electron chi connectivity index (χ0n) is 12.8. The number of hydrogen-bond donors (Lipinski definition) is 3. The fraction of sp³-hybridized carbons (Fsp3) is 0.400. The Labute approximate surface area is 133 Å². The first-order chi connectivity index (χ1) is 11.0. The van der Waals surface area contributed by atoms with Crippen LogP contribution in [0.2, 0.25) is 0 Å². The number of amides is 2. The van der Waals surface area contributed by atoms with Crippen LogP contribution in [0.5, 0.6) is 0 Å². The Morgan fingerprint density at radius 1 is 1.22 bits per heavy atom. The summed E-state index contributed by atoms with van der Waals surface area (Å²) in [5, 5.41) is 4.93. The van der Waals surface area contributed by atoms with E-state index in [1.165, 1.54) is 24.3 Å². The van der Waals surface area contributed by atoms with Crippen LogP contribution in [0, 0.1) is 5.82 Å². The minimum atomic E-state index is -0.683. The third-order valence-electron chi connectivity index (χ3n) is 2.92. The molecule has 126 valence electrons. The van der Waals surface area contributed by atoms with Gasteiger partial charge in [-0.15, -0.1) is 0 Å². The van der Waals surface area contributed by atoms with Crippen molar-refractivity contribution in [3.63, 3.8) is 0 Å². The molecule has 7 nitrogen and oxygen atoms in total. The molecule has 0 bridgehead atoms. The number of hydrogen-bond acceptors (Lipinski definition) is 5. The summed E-state index contributed by atoms with van der Waals surface area (Å²) in [6.07, 6.45) is -0.101. The van der Waals surface area contributed by atoms with E-state index in [9.17, 15) is 18.8 Å². The lowest BCUT2D eigenvalue weighted by molar-refractivity contribution is -0.144. The summed E-state index contributed by atoms with van der Waals surface area (Å²) in [6.45, 7) is 1.40. The third-order valence-corrected chi connectivity index (χ3v) is 2.92. The molecule has 8 heteroatoms. The van der Waals surface area contributed by atoms with Crippen molar-refractivity contribution in [2.45, 2.75) is 19.4 Å². The lowest BCUT2D eigenvalue weighted by Gasteiger charge is -2.18. The Bertz CT molecular complexity index is 548. The molecule has 0 aliphatic carbocycles. The number of benzene rings is 1. The fourth-order valence-electron chi connectivity index (χ4n) is 1.83. The quantitative estimate of drug-likeness (QED) is 0.583. The molecule has 0 radical (unpaired) electrons.